The van der Waals surface area contributed by atoms with Crippen LogP contribution in [0.2, 0.25) is 0 Å². The normalized spacial score (nSPS) is 15.5. The van der Waals surface area contributed by atoms with E-state index in [-0.39, 0.29) is 0 Å². The van der Waals surface area contributed by atoms with Crippen LogP contribution in [0.5, 0.6) is 0 Å². The summed E-state index contributed by atoms with van der Waals surface area (Å²) in [4.78, 5) is 10.2. The van der Waals surface area contributed by atoms with E-state index >= 15 is 0 Å². The second kappa shape index (κ2) is 9.75. The molecule has 2 aliphatic carbocycles. The van der Waals surface area contributed by atoms with Crippen LogP contribution in [0.15, 0.2) is 146 Å². The van der Waals surface area contributed by atoms with Crippen LogP contribution in [0, 0.1) is 5.92 Å². The molecular formula is C42H28N4. The number of para-hydroxylation sites is 3. The summed E-state index contributed by atoms with van der Waals surface area (Å²) in [7, 11) is 0. The van der Waals surface area contributed by atoms with E-state index in [1.165, 1.54) is 43.7 Å². The zero-order valence-corrected chi connectivity index (χ0v) is 25.0. The van der Waals surface area contributed by atoms with Gasteiger partial charge in [-0.2, -0.15) is 0 Å². The van der Waals surface area contributed by atoms with Crippen LogP contribution in [0.25, 0.3) is 78.0 Å². The Morgan fingerprint density at radius 3 is 1.96 bits per heavy atom. The van der Waals surface area contributed by atoms with Crippen LogP contribution in [-0.2, 0) is 0 Å². The quantitative estimate of drug-likeness (QED) is 0.208. The molecule has 1 unspecified atom stereocenters. The molecule has 0 fully saturated rings. The zero-order valence-electron chi connectivity index (χ0n) is 25.0. The molecule has 5 aromatic carbocycles. The maximum Gasteiger partial charge on any atom is 0.235 e. The molecule has 10 rings (SSSR count). The number of rotatable bonds is 3. The highest BCUT2D eigenvalue weighted by Crippen LogP contribution is 2.37. The van der Waals surface area contributed by atoms with Gasteiger partial charge in [0.05, 0.1) is 27.4 Å². The molecule has 2 aliphatic rings. The molecule has 0 saturated carbocycles. The van der Waals surface area contributed by atoms with Gasteiger partial charge in [0.25, 0.3) is 0 Å². The van der Waals surface area contributed by atoms with Crippen molar-refractivity contribution >= 4 is 55.3 Å². The van der Waals surface area contributed by atoms with Crippen LogP contribution in [-0.4, -0.2) is 19.1 Å². The van der Waals surface area contributed by atoms with Gasteiger partial charge in [0.2, 0.25) is 5.95 Å². The third-order valence-corrected chi connectivity index (χ3v) is 9.69. The monoisotopic (exact) mass is 588 g/mol. The molecule has 0 radical (unpaired) electrons. The predicted octanol–water partition coefficient (Wildman–Crippen LogP) is 8.41. The first-order valence-electron chi connectivity index (χ1n) is 15.9. The van der Waals surface area contributed by atoms with Crippen molar-refractivity contribution in [1.29, 1.82) is 0 Å². The van der Waals surface area contributed by atoms with Crippen molar-refractivity contribution in [2.24, 2.45) is 5.92 Å². The number of benzene rings is 5. The van der Waals surface area contributed by atoms with Gasteiger partial charge in [-0.25, -0.2) is 9.97 Å². The maximum atomic E-state index is 5.25. The molecule has 0 amide bonds. The topological polar surface area (TPSA) is 35.6 Å². The van der Waals surface area contributed by atoms with Gasteiger partial charge >= 0.3 is 0 Å². The summed E-state index contributed by atoms with van der Waals surface area (Å²) in [6.07, 6.45) is 14.0. The fourth-order valence-corrected chi connectivity index (χ4v) is 7.54. The van der Waals surface area contributed by atoms with Crippen molar-refractivity contribution in [1.82, 2.24) is 19.1 Å². The van der Waals surface area contributed by atoms with Gasteiger partial charge in [-0.05, 0) is 59.5 Å². The van der Waals surface area contributed by atoms with Crippen molar-refractivity contribution in [3.8, 4) is 22.8 Å². The van der Waals surface area contributed by atoms with E-state index in [0.29, 0.717) is 11.9 Å². The highest BCUT2D eigenvalue weighted by Gasteiger charge is 2.20. The first kappa shape index (κ1) is 25.3. The molecule has 0 saturated heterocycles. The summed E-state index contributed by atoms with van der Waals surface area (Å²) in [5, 5.41) is 7.04. The maximum absolute atomic E-state index is 5.25. The molecule has 0 spiro atoms. The van der Waals surface area contributed by atoms with Crippen LogP contribution in [0.3, 0.4) is 0 Å². The number of nitrogens with zero attached hydrogens (tertiary/aromatic N) is 4. The average molecular weight is 589 g/mol. The SMILES string of the molecule is C1=CC2=c3nc(-n4c5ccccc5c5ccc(-c6ccc7c8ccccc8n(-c8ccccc8)c7c6)cc54)ncc3=CCC2C=C1. The van der Waals surface area contributed by atoms with Crippen LogP contribution >= 0.6 is 0 Å². The van der Waals surface area contributed by atoms with Gasteiger partial charge in [0.1, 0.15) is 0 Å². The Kier molecular flexibility index (Phi) is 5.37. The summed E-state index contributed by atoms with van der Waals surface area (Å²) in [5.41, 5.74) is 9.37. The Labute approximate surface area is 265 Å². The van der Waals surface area contributed by atoms with Gasteiger partial charge < -0.3 is 4.57 Å². The number of hydrogen-bond donors (Lipinski definition) is 0. The molecule has 3 heterocycles. The molecule has 216 valence electrons. The Morgan fingerprint density at radius 1 is 0.587 bits per heavy atom. The van der Waals surface area contributed by atoms with E-state index in [1.807, 2.05) is 6.20 Å². The molecular weight excluding hydrogens is 560 g/mol. The van der Waals surface area contributed by atoms with E-state index in [4.69, 9.17) is 9.97 Å². The lowest BCUT2D eigenvalue weighted by Gasteiger charge is -2.18. The lowest BCUT2D eigenvalue weighted by molar-refractivity contribution is 0.840. The lowest BCUT2D eigenvalue weighted by Crippen LogP contribution is -2.37. The van der Waals surface area contributed by atoms with E-state index < -0.39 is 0 Å². The molecule has 0 aliphatic heterocycles. The fourth-order valence-electron chi connectivity index (χ4n) is 7.54. The largest absolute Gasteiger partial charge is 0.309 e. The van der Waals surface area contributed by atoms with Crippen molar-refractivity contribution < 1.29 is 0 Å². The molecule has 46 heavy (non-hydrogen) atoms. The molecule has 4 nitrogen and oxygen atoms in total. The number of hydrogen-bond acceptors (Lipinski definition) is 2. The third kappa shape index (κ3) is 3.67. The summed E-state index contributed by atoms with van der Waals surface area (Å²) in [6.45, 7) is 0. The first-order valence-corrected chi connectivity index (χ1v) is 15.9. The van der Waals surface area contributed by atoms with Gasteiger partial charge in [-0.3, -0.25) is 4.57 Å². The minimum absolute atomic E-state index is 0.367. The van der Waals surface area contributed by atoms with Crippen LogP contribution < -0.4 is 10.6 Å². The second-order valence-electron chi connectivity index (χ2n) is 12.2. The van der Waals surface area contributed by atoms with Crippen molar-refractivity contribution in [2.75, 3.05) is 0 Å². The highest BCUT2D eigenvalue weighted by atomic mass is 15.2. The van der Waals surface area contributed by atoms with Gasteiger partial charge in [-0.1, -0.05) is 109 Å². The number of allylic oxidation sites excluding steroid dienone is 4. The van der Waals surface area contributed by atoms with Crippen LogP contribution in [0.1, 0.15) is 6.42 Å². The molecule has 1 atom stereocenters. The number of aromatic nitrogens is 4. The standard InChI is InChI=1S/C42H28N4/c1-2-11-31(12-3-1)45-37-16-8-6-14-33(37)35-22-20-28(24-39(35)45)29-21-23-36-34-15-7-9-17-38(34)46(40(36)25-29)42-43-26-30-19-18-27-10-4-5-13-32(27)41(30)44-42/h1-17,19-27H,18H2. The predicted molar refractivity (Wildman–Crippen MR) is 190 cm³/mol. The van der Waals surface area contributed by atoms with Gasteiger partial charge in [-0.15, -0.1) is 0 Å². The van der Waals surface area contributed by atoms with Crippen LogP contribution in [0.4, 0.5) is 0 Å². The molecule has 0 bridgehead atoms. The van der Waals surface area contributed by atoms with E-state index in [9.17, 15) is 0 Å². The molecule has 4 heteroatoms. The Morgan fingerprint density at radius 2 is 1.22 bits per heavy atom. The fraction of sp³-hybridized carbons (Fsp3) is 0.0476. The van der Waals surface area contributed by atoms with Gasteiger partial charge in [0.15, 0.2) is 0 Å². The summed E-state index contributed by atoms with van der Waals surface area (Å²) < 4.78 is 4.61. The van der Waals surface area contributed by atoms with E-state index in [0.717, 1.165) is 39.3 Å². The Balaban J connectivity index is 1.22. The lowest BCUT2D eigenvalue weighted by atomic mass is 9.88. The highest BCUT2D eigenvalue weighted by molar-refractivity contribution is 6.12. The van der Waals surface area contributed by atoms with E-state index in [1.54, 1.807) is 0 Å². The number of fused-ring (bicyclic) bond motifs is 8. The summed E-state index contributed by atoms with van der Waals surface area (Å²) >= 11 is 0. The Hall–Kier alpha value is -6.00. The molecule has 3 aromatic heterocycles. The zero-order chi connectivity index (χ0) is 30.2. The second-order valence-corrected chi connectivity index (χ2v) is 12.2. The summed E-state index contributed by atoms with van der Waals surface area (Å²) in [6, 6.07) is 41.6. The third-order valence-electron chi connectivity index (χ3n) is 9.69. The van der Waals surface area contributed by atoms with E-state index in [2.05, 4.69) is 155 Å². The van der Waals surface area contributed by atoms with Crippen molar-refractivity contribution in [2.45, 2.75) is 6.42 Å². The minimum Gasteiger partial charge on any atom is -0.309 e. The smallest absolute Gasteiger partial charge is 0.235 e. The minimum atomic E-state index is 0.367. The van der Waals surface area contributed by atoms with Crippen molar-refractivity contribution in [3.63, 3.8) is 0 Å². The molecule has 0 N–H and O–H groups in total. The average Bonchev–Trinajstić information content (AvgIpc) is 3.64. The van der Waals surface area contributed by atoms with Gasteiger partial charge in [0, 0.05) is 44.6 Å². The molecule has 8 aromatic rings. The summed E-state index contributed by atoms with van der Waals surface area (Å²) in [5.74, 6) is 1.07. The Bertz CT molecular complexity index is 2720. The van der Waals surface area contributed by atoms with Crippen molar-refractivity contribution in [3.05, 3.63) is 156 Å². The first-order chi connectivity index (χ1) is 22.8.